The van der Waals surface area contributed by atoms with Crippen molar-refractivity contribution in [3.05, 3.63) is 46.7 Å². The minimum absolute atomic E-state index is 0.354. The quantitative estimate of drug-likeness (QED) is 0.519. The Labute approximate surface area is 198 Å². The van der Waals surface area contributed by atoms with Gasteiger partial charge in [0.2, 0.25) is 6.41 Å². The van der Waals surface area contributed by atoms with Crippen molar-refractivity contribution in [2.45, 2.75) is 32.9 Å². The molecular weight excluding hydrogens is 455 g/mol. The van der Waals surface area contributed by atoms with E-state index in [9.17, 15) is 18.0 Å². The molecule has 1 aromatic heterocycles. The van der Waals surface area contributed by atoms with Crippen molar-refractivity contribution in [3.8, 4) is 5.69 Å². The van der Waals surface area contributed by atoms with Crippen LogP contribution in [-0.4, -0.2) is 83.8 Å². The van der Waals surface area contributed by atoms with E-state index in [1.165, 1.54) is 24.1 Å². The van der Waals surface area contributed by atoms with Crippen LogP contribution in [0.25, 0.3) is 5.69 Å². The summed E-state index contributed by atoms with van der Waals surface area (Å²) in [6.07, 6.45) is -0.931. The predicted octanol–water partition coefficient (Wildman–Crippen LogP) is 4.35. The molecule has 0 unspecified atom stereocenters. The molecule has 1 aromatic carbocycles. The number of benzene rings is 1. The van der Waals surface area contributed by atoms with Gasteiger partial charge in [0.1, 0.15) is 0 Å². The number of para-hydroxylation sites is 1. The molecular formula is C23H33ClF3N5O. The van der Waals surface area contributed by atoms with Gasteiger partial charge in [-0.1, -0.05) is 37.1 Å². The molecule has 6 nitrogen and oxygen atoms in total. The van der Waals surface area contributed by atoms with Crippen LogP contribution >= 0.6 is 11.6 Å². The number of carbonyl (C=O) groups is 1. The van der Waals surface area contributed by atoms with Gasteiger partial charge < -0.3 is 9.80 Å². The minimum Gasteiger partial charge on any atom is -0.343 e. The van der Waals surface area contributed by atoms with Gasteiger partial charge in [0.25, 0.3) is 0 Å². The number of halogens is 4. The first kappa shape index (κ1) is 27.1. The molecule has 0 bridgehead atoms. The number of aryl methyl sites for hydroxylation is 1. The normalized spacial score (nSPS) is 14.8. The van der Waals surface area contributed by atoms with Crippen LogP contribution < -0.4 is 0 Å². The summed E-state index contributed by atoms with van der Waals surface area (Å²) in [5.74, 6) is 0. The van der Waals surface area contributed by atoms with E-state index in [0.717, 1.165) is 51.7 Å². The highest BCUT2D eigenvalue weighted by atomic mass is 35.5. The van der Waals surface area contributed by atoms with Crippen molar-refractivity contribution in [1.82, 2.24) is 24.5 Å². The highest BCUT2D eigenvalue weighted by Crippen LogP contribution is 2.30. The largest absolute Gasteiger partial charge is 0.435 e. The Bertz CT molecular complexity index is 866. The summed E-state index contributed by atoms with van der Waals surface area (Å²) >= 11 is 5.91. The molecule has 1 aliphatic rings. The minimum atomic E-state index is -4.45. The van der Waals surface area contributed by atoms with Crippen molar-refractivity contribution in [3.63, 3.8) is 0 Å². The van der Waals surface area contributed by atoms with E-state index in [1.54, 1.807) is 31.2 Å². The highest BCUT2D eigenvalue weighted by molar-refractivity contribution is 6.32. The Morgan fingerprint density at radius 1 is 1.15 bits per heavy atom. The molecule has 1 amide bonds. The second-order valence-corrected chi connectivity index (χ2v) is 8.58. The lowest BCUT2D eigenvalue weighted by Gasteiger charge is -2.33. The summed E-state index contributed by atoms with van der Waals surface area (Å²) in [5, 5.41) is 3.87. The smallest absolute Gasteiger partial charge is 0.343 e. The second-order valence-electron chi connectivity index (χ2n) is 8.17. The van der Waals surface area contributed by atoms with Crippen molar-refractivity contribution in [1.29, 1.82) is 0 Å². The van der Waals surface area contributed by atoms with Gasteiger partial charge in [0.15, 0.2) is 5.69 Å². The third-order valence-corrected chi connectivity index (χ3v) is 5.83. The van der Waals surface area contributed by atoms with Gasteiger partial charge in [0, 0.05) is 45.0 Å². The Morgan fingerprint density at radius 3 is 2.36 bits per heavy atom. The highest BCUT2D eigenvalue weighted by Gasteiger charge is 2.34. The SMILES string of the molecule is CCCCN(C)CCN1CCN(C=O)CC1.Cc1cc(C(F)(F)F)nn1-c1ccccc1Cl. The van der Waals surface area contributed by atoms with Crippen molar-refractivity contribution in [2.75, 3.05) is 52.9 Å². The number of nitrogens with zero attached hydrogens (tertiary/aromatic N) is 5. The monoisotopic (exact) mass is 487 g/mol. The number of rotatable bonds is 8. The number of alkyl halides is 3. The van der Waals surface area contributed by atoms with Crippen LogP contribution in [0.2, 0.25) is 5.02 Å². The first-order valence-electron chi connectivity index (χ1n) is 11.1. The fourth-order valence-corrected chi connectivity index (χ4v) is 3.64. The van der Waals surface area contributed by atoms with E-state index in [0.29, 0.717) is 16.4 Å². The van der Waals surface area contributed by atoms with E-state index >= 15 is 0 Å². The Hall–Kier alpha value is -2.10. The molecule has 33 heavy (non-hydrogen) atoms. The van der Waals surface area contributed by atoms with Crippen LogP contribution in [0.4, 0.5) is 13.2 Å². The van der Waals surface area contributed by atoms with Crippen molar-refractivity contribution >= 4 is 18.0 Å². The number of aromatic nitrogens is 2. The Morgan fingerprint density at radius 2 is 1.82 bits per heavy atom. The first-order valence-corrected chi connectivity index (χ1v) is 11.5. The number of piperazine rings is 1. The van der Waals surface area contributed by atoms with Gasteiger partial charge in [-0.05, 0) is 45.1 Å². The van der Waals surface area contributed by atoms with Crippen LogP contribution in [0.5, 0.6) is 0 Å². The summed E-state index contributed by atoms with van der Waals surface area (Å²) in [5.41, 5.74) is -0.109. The van der Waals surface area contributed by atoms with Crippen LogP contribution in [0.1, 0.15) is 31.2 Å². The Kier molecular flexibility index (Phi) is 10.7. The predicted molar refractivity (Wildman–Crippen MR) is 125 cm³/mol. The lowest BCUT2D eigenvalue weighted by Crippen LogP contribution is -2.47. The van der Waals surface area contributed by atoms with E-state index < -0.39 is 11.9 Å². The fraction of sp³-hybridized carbons (Fsp3) is 0.565. The van der Waals surface area contributed by atoms with Gasteiger partial charge in [-0.25, -0.2) is 4.68 Å². The third-order valence-electron chi connectivity index (χ3n) is 5.51. The standard InChI is InChI=1S/C12H25N3O.C11H8ClF3N2/c1-3-4-5-13(2)6-7-14-8-10-15(12-16)11-9-14;1-7-6-10(11(13,14)15)16-17(7)9-5-3-2-4-8(9)12/h12H,3-11H2,1-2H3;2-6H,1H3. The van der Waals surface area contributed by atoms with Crippen LogP contribution in [-0.2, 0) is 11.0 Å². The van der Waals surface area contributed by atoms with Crippen molar-refractivity contribution < 1.29 is 18.0 Å². The summed E-state index contributed by atoms with van der Waals surface area (Å²) in [4.78, 5) is 17.3. The van der Waals surface area contributed by atoms with Gasteiger partial charge in [-0.3, -0.25) is 9.69 Å². The maximum Gasteiger partial charge on any atom is 0.435 e. The molecule has 1 fully saturated rings. The molecule has 0 N–H and O–H groups in total. The molecule has 2 heterocycles. The average Bonchev–Trinajstić information content (AvgIpc) is 3.19. The zero-order valence-corrected chi connectivity index (χ0v) is 20.2. The summed E-state index contributed by atoms with van der Waals surface area (Å²) in [6.45, 7) is 11.1. The number of hydrogen-bond acceptors (Lipinski definition) is 4. The molecule has 0 saturated carbocycles. The van der Waals surface area contributed by atoms with Gasteiger partial charge in [-0.2, -0.15) is 18.3 Å². The maximum atomic E-state index is 12.5. The molecule has 1 saturated heterocycles. The zero-order chi connectivity index (χ0) is 24.4. The van der Waals surface area contributed by atoms with E-state index in [1.807, 2.05) is 4.90 Å². The molecule has 0 atom stereocenters. The van der Waals surface area contributed by atoms with Gasteiger partial charge in [-0.15, -0.1) is 0 Å². The lowest BCUT2D eigenvalue weighted by atomic mass is 10.3. The fourth-order valence-electron chi connectivity index (χ4n) is 3.42. The number of carbonyl (C=O) groups excluding carboxylic acids is 1. The second kappa shape index (κ2) is 13.0. The maximum absolute atomic E-state index is 12.5. The molecule has 184 valence electrons. The topological polar surface area (TPSA) is 44.6 Å². The zero-order valence-electron chi connectivity index (χ0n) is 19.5. The van der Waals surface area contributed by atoms with Crippen LogP contribution in [0.3, 0.4) is 0 Å². The van der Waals surface area contributed by atoms with Gasteiger partial charge >= 0.3 is 6.18 Å². The van der Waals surface area contributed by atoms with Crippen molar-refractivity contribution in [2.24, 2.45) is 0 Å². The molecule has 3 rings (SSSR count). The molecule has 10 heteroatoms. The third kappa shape index (κ3) is 8.64. The number of amides is 1. The van der Waals surface area contributed by atoms with Gasteiger partial charge in [0.05, 0.1) is 10.7 Å². The number of hydrogen-bond donors (Lipinski definition) is 0. The molecule has 0 spiro atoms. The average molecular weight is 488 g/mol. The molecule has 0 aliphatic carbocycles. The Balaban J connectivity index is 0.000000234. The summed E-state index contributed by atoms with van der Waals surface area (Å²) in [7, 11) is 2.19. The van der Waals surface area contributed by atoms with Crippen LogP contribution in [0.15, 0.2) is 30.3 Å². The van der Waals surface area contributed by atoms with E-state index in [2.05, 4.69) is 28.9 Å². The summed E-state index contributed by atoms with van der Waals surface area (Å²) in [6, 6.07) is 7.60. The van der Waals surface area contributed by atoms with E-state index in [4.69, 9.17) is 11.6 Å². The lowest BCUT2D eigenvalue weighted by molar-refractivity contribution is -0.141. The summed E-state index contributed by atoms with van der Waals surface area (Å²) < 4.78 is 38.7. The molecule has 0 radical (unpaired) electrons. The number of unbranched alkanes of at least 4 members (excludes halogenated alkanes) is 1. The van der Waals surface area contributed by atoms with E-state index in [-0.39, 0.29) is 0 Å². The molecule has 2 aromatic rings. The first-order chi connectivity index (χ1) is 15.7. The number of likely N-dealkylation sites (N-methyl/N-ethyl adjacent to an activating group) is 1. The van der Waals surface area contributed by atoms with Crippen LogP contribution in [0, 0.1) is 6.92 Å². The molecule has 1 aliphatic heterocycles.